The molecule has 1 aliphatic carbocycles. The lowest BCUT2D eigenvalue weighted by atomic mass is 10.1. The van der Waals surface area contributed by atoms with Crippen LogP contribution in [0.4, 0.5) is 0 Å². The Hall–Kier alpha value is 0.130. The van der Waals surface area contributed by atoms with Crippen molar-refractivity contribution in [1.29, 1.82) is 0 Å². The first-order chi connectivity index (χ1) is 6.20. The van der Waals surface area contributed by atoms with Gasteiger partial charge in [-0.15, -0.1) is 0 Å². The molecule has 2 nitrogen and oxygen atoms in total. The van der Waals surface area contributed by atoms with Crippen molar-refractivity contribution in [1.82, 2.24) is 4.98 Å². The molecule has 1 aromatic rings. The highest BCUT2D eigenvalue weighted by molar-refractivity contribution is 14.1. The maximum atomic E-state index is 6.07. The molecular weight excluding hydrogens is 298 g/mol. The molecule has 0 bridgehead atoms. The van der Waals surface area contributed by atoms with E-state index in [9.17, 15) is 0 Å². The number of nitrogens with two attached hydrogens (primary N) is 1. The van der Waals surface area contributed by atoms with Crippen LogP contribution in [0.25, 0.3) is 0 Å². The lowest BCUT2D eigenvalue weighted by molar-refractivity contribution is 0.628. The zero-order chi connectivity index (χ0) is 9.42. The molecule has 0 radical (unpaired) electrons. The second-order valence-electron chi connectivity index (χ2n) is 3.36. The molecule has 13 heavy (non-hydrogen) atoms. The Kier molecular flexibility index (Phi) is 2.76. The standard InChI is InChI=1S/C9H10ClIN2/c10-9-7(6(11)3-4-13-9)8(12)5-1-2-5/h3-5,8H,1-2,12H2. The molecule has 1 heterocycles. The third kappa shape index (κ3) is 1.97. The smallest absolute Gasteiger partial charge is 0.134 e. The van der Waals surface area contributed by atoms with Crippen molar-refractivity contribution in [2.45, 2.75) is 18.9 Å². The maximum absolute atomic E-state index is 6.07. The van der Waals surface area contributed by atoms with Crippen molar-refractivity contribution in [3.05, 3.63) is 26.5 Å². The second kappa shape index (κ2) is 3.71. The fourth-order valence-corrected chi connectivity index (χ4v) is 2.63. The second-order valence-corrected chi connectivity index (χ2v) is 4.88. The van der Waals surface area contributed by atoms with E-state index < -0.39 is 0 Å². The van der Waals surface area contributed by atoms with E-state index in [1.165, 1.54) is 12.8 Å². The van der Waals surface area contributed by atoms with Crippen LogP contribution in [-0.2, 0) is 0 Å². The van der Waals surface area contributed by atoms with E-state index in [1.54, 1.807) is 6.20 Å². The zero-order valence-corrected chi connectivity index (χ0v) is 9.92. The van der Waals surface area contributed by atoms with Crippen molar-refractivity contribution in [3.8, 4) is 0 Å². The fourth-order valence-electron chi connectivity index (χ4n) is 1.41. The summed E-state index contributed by atoms with van der Waals surface area (Å²) >= 11 is 8.26. The molecule has 0 amide bonds. The van der Waals surface area contributed by atoms with Crippen molar-refractivity contribution in [2.75, 3.05) is 0 Å². The summed E-state index contributed by atoms with van der Waals surface area (Å²) in [6.07, 6.45) is 4.16. The molecule has 0 saturated heterocycles. The Morgan fingerprint density at radius 1 is 1.62 bits per heavy atom. The number of rotatable bonds is 2. The molecule has 1 unspecified atom stereocenters. The summed E-state index contributed by atoms with van der Waals surface area (Å²) < 4.78 is 1.12. The third-order valence-electron chi connectivity index (χ3n) is 2.35. The number of halogens is 2. The Balaban J connectivity index is 2.36. The van der Waals surface area contributed by atoms with Crippen LogP contribution in [0.2, 0.25) is 5.15 Å². The molecule has 0 aliphatic heterocycles. The van der Waals surface area contributed by atoms with Gasteiger partial charge in [0.05, 0.1) is 0 Å². The van der Waals surface area contributed by atoms with Gasteiger partial charge in [0, 0.05) is 21.4 Å². The minimum absolute atomic E-state index is 0.0769. The highest BCUT2D eigenvalue weighted by atomic mass is 127. The number of nitrogens with zero attached hydrogens (tertiary/aromatic N) is 1. The van der Waals surface area contributed by atoms with E-state index in [1.807, 2.05) is 6.07 Å². The first kappa shape index (κ1) is 9.68. The zero-order valence-electron chi connectivity index (χ0n) is 7.00. The Labute approximate surface area is 96.0 Å². The van der Waals surface area contributed by atoms with Gasteiger partial charge in [-0.3, -0.25) is 0 Å². The first-order valence-corrected chi connectivity index (χ1v) is 5.71. The Morgan fingerprint density at radius 3 is 2.85 bits per heavy atom. The lowest BCUT2D eigenvalue weighted by Gasteiger charge is -2.13. The van der Waals surface area contributed by atoms with Gasteiger partial charge in [-0.25, -0.2) is 4.98 Å². The molecule has 4 heteroatoms. The van der Waals surface area contributed by atoms with Gasteiger partial charge in [0.1, 0.15) is 5.15 Å². The summed E-state index contributed by atoms with van der Waals surface area (Å²) in [6.45, 7) is 0. The van der Waals surface area contributed by atoms with E-state index in [-0.39, 0.29) is 6.04 Å². The van der Waals surface area contributed by atoms with Gasteiger partial charge in [0.25, 0.3) is 0 Å². The van der Waals surface area contributed by atoms with Crippen LogP contribution in [-0.4, -0.2) is 4.98 Å². The number of hydrogen-bond donors (Lipinski definition) is 1. The van der Waals surface area contributed by atoms with E-state index in [0.29, 0.717) is 11.1 Å². The molecule has 2 rings (SSSR count). The Morgan fingerprint density at radius 2 is 2.31 bits per heavy atom. The van der Waals surface area contributed by atoms with Crippen LogP contribution < -0.4 is 5.73 Å². The third-order valence-corrected chi connectivity index (χ3v) is 3.59. The van der Waals surface area contributed by atoms with E-state index in [4.69, 9.17) is 17.3 Å². The molecule has 70 valence electrons. The molecular formula is C9H10ClIN2. The molecule has 0 spiro atoms. The summed E-state index contributed by atoms with van der Waals surface area (Å²) in [7, 11) is 0. The van der Waals surface area contributed by atoms with Crippen molar-refractivity contribution < 1.29 is 0 Å². The maximum Gasteiger partial charge on any atom is 0.134 e. The highest BCUT2D eigenvalue weighted by Gasteiger charge is 2.32. The summed E-state index contributed by atoms with van der Waals surface area (Å²) in [5.41, 5.74) is 7.09. The quantitative estimate of drug-likeness (QED) is 0.674. The van der Waals surface area contributed by atoms with Crippen LogP contribution >= 0.6 is 34.2 Å². The summed E-state index contributed by atoms with van der Waals surface area (Å²) in [6, 6.07) is 2.03. The monoisotopic (exact) mass is 308 g/mol. The van der Waals surface area contributed by atoms with Crippen LogP contribution in [0.15, 0.2) is 12.3 Å². The van der Waals surface area contributed by atoms with Gasteiger partial charge in [-0.05, 0) is 47.4 Å². The molecule has 1 fully saturated rings. The van der Waals surface area contributed by atoms with Crippen LogP contribution in [0.1, 0.15) is 24.4 Å². The predicted molar refractivity (Wildman–Crippen MR) is 61.6 cm³/mol. The van der Waals surface area contributed by atoms with Gasteiger partial charge in [-0.2, -0.15) is 0 Å². The van der Waals surface area contributed by atoms with Gasteiger partial charge in [-0.1, -0.05) is 11.6 Å². The number of hydrogen-bond acceptors (Lipinski definition) is 2. The van der Waals surface area contributed by atoms with Gasteiger partial charge >= 0.3 is 0 Å². The Bertz CT molecular complexity index is 305. The van der Waals surface area contributed by atoms with Crippen molar-refractivity contribution in [3.63, 3.8) is 0 Å². The lowest BCUT2D eigenvalue weighted by Crippen LogP contribution is -2.14. The van der Waals surface area contributed by atoms with Crippen LogP contribution in [0.3, 0.4) is 0 Å². The number of aromatic nitrogens is 1. The van der Waals surface area contributed by atoms with Crippen molar-refractivity contribution in [2.24, 2.45) is 11.7 Å². The van der Waals surface area contributed by atoms with Gasteiger partial charge in [0.2, 0.25) is 0 Å². The largest absolute Gasteiger partial charge is 0.324 e. The molecule has 1 atom stereocenters. The average Bonchev–Trinajstić information content (AvgIpc) is 2.85. The van der Waals surface area contributed by atoms with Crippen LogP contribution in [0.5, 0.6) is 0 Å². The first-order valence-electron chi connectivity index (χ1n) is 4.25. The van der Waals surface area contributed by atoms with Crippen molar-refractivity contribution >= 4 is 34.2 Å². The SMILES string of the molecule is NC(c1c(I)ccnc1Cl)C1CC1. The van der Waals surface area contributed by atoms with Gasteiger partial charge in [0.15, 0.2) is 0 Å². The number of pyridine rings is 1. The summed E-state index contributed by atoms with van der Waals surface area (Å²) in [5.74, 6) is 0.621. The summed E-state index contributed by atoms with van der Waals surface area (Å²) in [4.78, 5) is 4.05. The minimum atomic E-state index is 0.0769. The average molecular weight is 309 g/mol. The molecule has 1 aliphatic rings. The highest BCUT2D eigenvalue weighted by Crippen LogP contribution is 2.42. The van der Waals surface area contributed by atoms with Crippen LogP contribution in [0, 0.1) is 9.49 Å². The minimum Gasteiger partial charge on any atom is -0.324 e. The fraction of sp³-hybridized carbons (Fsp3) is 0.444. The molecule has 0 aromatic carbocycles. The molecule has 1 aromatic heterocycles. The molecule has 2 N–H and O–H groups in total. The van der Waals surface area contributed by atoms with Gasteiger partial charge < -0.3 is 5.73 Å². The molecule has 1 saturated carbocycles. The van der Waals surface area contributed by atoms with E-state index >= 15 is 0 Å². The summed E-state index contributed by atoms with van der Waals surface area (Å²) in [5, 5.41) is 0.561. The predicted octanol–water partition coefficient (Wildman–Crippen LogP) is 2.75. The van der Waals surface area contributed by atoms with E-state index in [0.717, 1.165) is 9.13 Å². The topological polar surface area (TPSA) is 38.9 Å². The van der Waals surface area contributed by atoms with E-state index in [2.05, 4.69) is 27.6 Å². The normalized spacial score (nSPS) is 18.7.